The largest absolute Gasteiger partial charge is 0.472 e. The molecular weight excluding hydrogens is 196 g/mol. The lowest BCUT2D eigenvalue weighted by atomic mass is 9.97. The highest BCUT2D eigenvalue weighted by Gasteiger charge is 2.27. The standard InChI is InChI=1S/C11H12O4/c1-3-9(11(13)15-4-2)10(12)8-5-6-14-7-8/h4-7,9H,2-3H2,1H3. The van der Waals surface area contributed by atoms with Crippen molar-refractivity contribution in [3.63, 3.8) is 0 Å². The van der Waals surface area contributed by atoms with Crippen LogP contribution in [-0.4, -0.2) is 11.8 Å². The summed E-state index contributed by atoms with van der Waals surface area (Å²) < 4.78 is 9.36. The van der Waals surface area contributed by atoms with Crippen LogP contribution in [0.4, 0.5) is 0 Å². The van der Waals surface area contributed by atoms with E-state index in [0.717, 1.165) is 6.26 Å². The summed E-state index contributed by atoms with van der Waals surface area (Å²) >= 11 is 0. The Bertz CT molecular complexity index is 351. The summed E-state index contributed by atoms with van der Waals surface area (Å²) in [5.74, 6) is -1.67. The number of rotatable bonds is 5. The number of hydrogen-bond donors (Lipinski definition) is 0. The molecule has 0 saturated carbocycles. The number of ether oxygens (including phenoxy) is 1. The number of furan rings is 1. The fourth-order valence-electron chi connectivity index (χ4n) is 1.23. The molecule has 1 aromatic heterocycles. The van der Waals surface area contributed by atoms with Gasteiger partial charge in [0.1, 0.15) is 12.2 Å². The minimum absolute atomic E-state index is 0.293. The first-order chi connectivity index (χ1) is 7.20. The second-order valence-corrected chi connectivity index (χ2v) is 2.94. The van der Waals surface area contributed by atoms with Crippen LogP contribution in [0.2, 0.25) is 0 Å². The van der Waals surface area contributed by atoms with Crippen molar-refractivity contribution in [2.45, 2.75) is 13.3 Å². The molecule has 1 rings (SSSR count). The van der Waals surface area contributed by atoms with Crippen molar-refractivity contribution >= 4 is 11.8 Å². The van der Waals surface area contributed by atoms with Crippen molar-refractivity contribution in [3.8, 4) is 0 Å². The van der Waals surface area contributed by atoms with E-state index in [1.165, 1.54) is 18.6 Å². The second kappa shape index (κ2) is 5.14. The van der Waals surface area contributed by atoms with Crippen LogP contribution in [0.1, 0.15) is 23.7 Å². The van der Waals surface area contributed by atoms with Crippen molar-refractivity contribution in [3.05, 3.63) is 37.0 Å². The van der Waals surface area contributed by atoms with Crippen LogP contribution in [-0.2, 0) is 9.53 Å². The third-order valence-electron chi connectivity index (χ3n) is 2.01. The summed E-state index contributed by atoms with van der Waals surface area (Å²) in [4.78, 5) is 23.1. The second-order valence-electron chi connectivity index (χ2n) is 2.94. The lowest BCUT2D eigenvalue weighted by Crippen LogP contribution is -2.24. The van der Waals surface area contributed by atoms with E-state index in [0.29, 0.717) is 12.0 Å². The van der Waals surface area contributed by atoms with Gasteiger partial charge in [-0.3, -0.25) is 9.59 Å². The van der Waals surface area contributed by atoms with Gasteiger partial charge in [0.05, 0.1) is 18.1 Å². The van der Waals surface area contributed by atoms with Gasteiger partial charge >= 0.3 is 5.97 Å². The van der Waals surface area contributed by atoms with Crippen LogP contribution in [0, 0.1) is 5.92 Å². The van der Waals surface area contributed by atoms with E-state index in [4.69, 9.17) is 4.42 Å². The highest BCUT2D eigenvalue weighted by molar-refractivity contribution is 6.08. The number of hydrogen-bond acceptors (Lipinski definition) is 4. The van der Waals surface area contributed by atoms with Crippen LogP contribution >= 0.6 is 0 Å². The summed E-state index contributed by atoms with van der Waals surface area (Å²) in [7, 11) is 0. The molecular formula is C11H12O4. The SMILES string of the molecule is C=COC(=O)C(CC)C(=O)c1ccoc1. The van der Waals surface area contributed by atoms with Gasteiger partial charge in [-0.15, -0.1) is 0 Å². The van der Waals surface area contributed by atoms with Crippen molar-refractivity contribution < 1.29 is 18.7 Å². The average molecular weight is 208 g/mol. The predicted molar refractivity (Wildman–Crippen MR) is 53.1 cm³/mol. The lowest BCUT2D eigenvalue weighted by Gasteiger charge is -2.09. The maximum atomic E-state index is 11.8. The first-order valence-corrected chi connectivity index (χ1v) is 4.58. The van der Waals surface area contributed by atoms with Crippen molar-refractivity contribution in [1.29, 1.82) is 0 Å². The summed E-state index contributed by atoms with van der Waals surface area (Å²) in [5.41, 5.74) is 0.378. The fraction of sp³-hybridized carbons (Fsp3) is 0.273. The van der Waals surface area contributed by atoms with E-state index in [2.05, 4.69) is 11.3 Å². The molecule has 4 heteroatoms. The molecule has 0 aliphatic carbocycles. The molecule has 0 aliphatic rings. The monoisotopic (exact) mass is 208 g/mol. The van der Waals surface area contributed by atoms with Gasteiger partial charge in [0.15, 0.2) is 5.78 Å². The Hall–Kier alpha value is -1.84. The van der Waals surface area contributed by atoms with Crippen molar-refractivity contribution in [2.75, 3.05) is 0 Å². The Morgan fingerprint density at radius 1 is 1.67 bits per heavy atom. The Morgan fingerprint density at radius 2 is 2.40 bits per heavy atom. The van der Waals surface area contributed by atoms with Gasteiger partial charge in [-0.05, 0) is 12.5 Å². The van der Waals surface area contributed by atoms with Crippen LogP contribution in [0.5, 0.6) is 0 Å². The number of carbonyl (C=O) groups excluding carboxylic acids is 2. The number of ketones is 1. The van der Waals surface area contributed by atoms with Crippen LogP contribution in [0.25, 0.3) is 0 Å². The maximum Gasteiger partial charge on any atom is 0.321 e. The molecule has 0 N–H and O–H groups in total. The van der Waals surface area contributed by atoms with Crippen LogP contribution in [0.15, 0.2) is 35.9 Å². The minimum Gasteiger partial charge on any atom is -0.472 e. The molecule has 80 valence electrons. The molecule has 0 amide bonds. The van der Waals surface area contributed by atoms with Gasteiger partial charge in [0, 0.05) is 0 Å². The minimum atomic E-state index is -0.791. The van der Waals surface area contributed by atoms with Gasteiger partial charge < -0.3 is 9.15 Å². The fourth-order valence-corrected chi connectivity index (χ4v) is 1.23. The van der Waals surface area contributed by atoms with Crippen molar-refractivity contribution in [1.82, 2.24) is 0 Å². The molecule has 0 bridgehead atoms. The van der Waals surface area contributed by atoms with E-state index >= 15 is 0 Å². The number of Topliss-reactive ketones (excluding diaryl/α,β-unsaturated/α-hetero) is 1. The molecule has 0 aliphatic heterocycles. The topological polar surface area (TPSA) is 56.5 Å². The van der Waals surface area contributed by atoms with Gasteiger partial charge in [-0.1, -0.05) is 13.5 Å². The summed E-state index contributed by atoms with van der Waals surface area (Å²) in [6.07, 6.45) is 4.11. The predicted octanol–water partition coefficient (Wildman–Crippen LogP) is 2.18. The zero-order chi connectivity index (χ0) is 11.3. The molecule has 0 fully saturated rings. The zero-order valence-electron chi connectivity index (χ0n) is 8.43. The van der Waals surface area contributed by atoms with E-state index in [1.54, 1.807) is 6.92 Å². The molecule has 0 radical (unpaired) electrons. The molecule has 0 spiro atoms. The highest BCUT2D eigenvalue weighted by atomic mass is 16.5. The summed E-state index contributed by atoms with van der Waals surface area (Å²) in [5, 5.41) is 0. The quantitative estimate of drug-likeness (QED) is 0.322. The number of esters is 1. The summed E-state index contributed by atoms with van der Waals surface area (Å²) in [6, 6.07) is 1.52. The zero-order valence-corrected chi connectivity index (χ0v) is 8.43. The van der Waals surface area contributed by atoms with E-state index in [1.807, 2.05) is 0 Å². The first-order valence-electron chi connectivity index (χ1n) is 4.58. The van der Waals surface area contributed by atoms with Gasteiger partial charge in [-0.2, -0.15) is 0 Å². The van der Waals surface area contributed by atoms with Gasteiger partial charge in [0.2, 0.25) is 0 Å². The number of carbonyl (C=O) groups is 2. The lowest BCUT2D eigenvalue weighted by molar-refractivity contribution is -0.141. The molecule has 1 unspecified atom stereocenters. The molecule has 1 atom stereocenters. The van der Waals surface area contributed by atoms with Gasteiger partial charge in [-0.25, -0.2) is 0 Å². The van der Waals surface area contributed by atoms with Crippen LogP contribution in [0.3, 0.4) is 0 Å². The highest BCUT2D eigenvalue weighted by Crippen LogP contribution is 2.14. The Balaban J connectivity index is 2.79. The van der Waals surface area contributed by atoms with Crippen LogP contribution < -0.4 is 0 Å². The molecule has 15 heavy (non-hydrogen) atoms. The Kier molecular flexibility index (Phi) is 3.85. The smallest absolute Gasteiger partial charge is 0.321 e. The molecule has 4 nitrogen and oxygen atoms in total. The third-order valence-corrected chi connectivity index (χ3v) is 2.01. The van der Waals surface area contributed by atoms with E-state index < -0.39 is 11.9 Å². The van der Waals surface area contributed by atoms with Crippen molar-refractivity contribution in [2.24, 2.45) is 5.92 Å². The third kappa shape index (κ3) is 2.56. The van der Waals surface area contributed by atoms with Gasteiger partial charge in [0.25, 0.3) is 0 Å². The molecule has 1 heterocycles. The Labute approximate surface area is 87.5 Å². The average Bonchev–Trinajstić information content (AvgIpc) is 2.71. The maximum absolute atomic E-state index is 11.8. The van der Waals surface area contributed by atoms with E-state index in [9.17, 15) is 9.59 Å². The molecule has 1 aromatic rings. The summed E-state index contributed by atoms with van der Waals surface area (Å²) in [6.45, 7) is 5.01. The first kappa shape index (κ1) is 11.2. The molecule has 0 aromatic carbocycles. The Morgan fingerprint density at radius 3 is 2.87 bits per heavy atom. The molecule has 0 saturated heterocycles. The normalized spacial score (nSPS) is 11.8. The van der Waals surface area contributed by atoms with E-state index in [-0.39, 0.29) is 5.78 Å².